The van der Waals surface area contributed by atoms with Crippen LogP contribution in [0.4, 0.5) is 0 Å². The first kappa shape index (κ1) is 19.2. The van der Waals surface area contributed by atoms with Crippen LogP contribution in [0.1, 0.15) is 25.7 Å². The first-order valence-electron chi connectivity index (χ1n) is 8.83. The summed E-state index contributed by atoms with van der Waals surface area (Å²) in [5, 5.41) is 13.4. The number of aromatic nitrogens is 2. The number of nitrogens with zero attached hydrogens (tertiary/aromatic N) is 2. The molecule has 3 N–H and O–H groups in total. The zero-order chi connectivity index (χ0) is 17.9. The van der Waals surface area contributed by atoms with Crippen LogP contribution in [0.2, 0.25) is 0 Å². The third-order valence-electron chi connectivity index (χ3n) is 4.67. The molecule has 1 saturated carbocycles. The first-order chi connectivity index (χ1) is 12.7. The summed E-state index contributed by atoms with van der Waals surface area (Å²) < 4.78 is 11.4. The Hall–Kier alpha value is -2.57. The molecule has 0 unspecified atom stereocenters. The summed E-state index contributed by atoms with van der Waals surface area (Å²) in [7, 11) is 0. The van der Waals surface area contributed by atoms with E-state index >= 15 is 0 Å². The van der Waals surface area contributed by atoms with Crippen LogP contribution < -0.4 is 10.5 Å². The third kappa shape index (κ3) is 4.59. The van der Waals surface area contributed by atoms with Gasteiger partial charge in [0, 0.05) is 17.2 Å². The Bertz CT molecular complexity index is 857. The number of nitrogens with two attached hydrogens (primary N) is 1. The van der Waals surface area contributed by atoms with Crippen molar-refractivity contribution in [3.05, 3.63) is 48.5 Å². The van der Waals surface area contributed by atoms with E-state index in [-0.39, 0.29) is 24.3 Å². The second-order valence-corrected chi connectivity index (χ2v) is 6.65. The Morgan fingerprint density at radius 1 is 0.926 bits per heavy atom. The second-order valence-electron chi connectivity index (χ2n) is 6.65. The fourth-order valence-electron chi connectivity index (χ4n) is 3.14. The molecular weight excluding hydrogens is 366 g/mol. The quantitative estimate of drug-likeness (QED) is 0.697. The number of rotatable bonds is 4. The monoisotopic (exact) mass is 387 g/mol. The molecule has 142 valence electrons. The van der Waals surface area contributed by atoms with E-state index in [2.05, 4.69) is 10.1 Å². The lowest BCUT2D eigenvalue weighted by Crippen LogP contribution is -2.31. The van der Waals surface area contributed by atoms with Crippen LogP contribution >= 0.6 is 12.4 Å². The molecule has 0 bridgehead atoms. The topological polar surface area (TPSA) is 94.4 Å². The Labute approximate surface area is 163 Å². The molecule has 1 heterocycles. The van der Waals surface area contributed by atoms with Crippen LogP contribution in [-0.4, -0.2) is 27.4 Å². The van der Waals surface area contributed by atoms with Gasteiger partial charge in [0.1, 0.15) is 11.5 Å². The van der Waals surface area contributed by atoms with E-state index in [1.165, 1.54) is 0 Å². The number of ether oxygens (including phenoxy) is 1. The van der Waals surface area contributed by atoms with Gasteiger partial charge in [-0.1, -0.05) is 5.16 Å². The van der Waals surface area contributed by atoms with Crippen LogP contribution in [0, 0.1) is 0 Å². The first-order valence-corrected chi connectivity index (χ1v) is 8.83. The molecule has 7 heteroatoms. The normalized spacial score (nSPS) is 19.3. The van der Waals surface area contributed by atoms with Crippen LogP contribution in [-0.2, 0) is 0 Å². The SMILES string of the molecule is Cl.NC1CCC(Oc2ccc(-c3noc(-c4ccc(O)cc4)n3)cc2)CC1. The van der Waals surface area contributed by atoms with Crippen LogP contribution in [0.15, 0.2) is 53.1 Å². The van der Waals surface area contributed by atoms with Crippen molar-refractivity contribution in [2.75, 3.05) is 0 Å². The van der Waals surface area contributed by atoms with E-state index in [0.29, 0.717) is 17.8 Å². The van der Waals surface area contributed by atoms with E-state index in [1.54, 1.807) is 24.3 Å². The average Bonchev–Trinajstić information content (AvgIpc) is 3.15. The molecule has 1 fully saturated rings. The number of phenolic OH excluding ortho intramolecular Hbond substituents is 1. The molecule has 6 nitrogen and oxygen atoms in total. The molecule has 3 aromatic rings. The highest BCUT2D eigenvalue weighted by atomic mass is 35.5. The van der Waals surface area contributed by atoms with Crippen molar-refractivity contribution in [3.63, 3.8) is 0 Å². The highest BCUT2D eigenvalue weighted by molar-refractivity contribution is 5.85. The number of hydrogen-bond donors (Lipinski definition) is 2. The van der Waals surface area contributed by atoms with Crippen molar-refractivity contribution >= 4 is 12.4 Å². The lowest BCUT2D eigenvalue weighted by atomic mass is 9.94. The lowest BCUT2D eigenvalue weighted by molar-refractivity contribution is 0.147. The van der Waals surface area contributed by atoms with E-state index in [9.17, 15) is 5.11 Å². The molecule has 0 amide bonds. The number of hydrogen-bond acceptors (Lipinski definition) is 6. The fraction of sp³-hybridized carbons (Fsp3) is 0.300. The van der Waals surface area contributed by atoms with Crippen LogP contribution in [0.25, 0.3) is 22.8 Å². The van der Waals surface area contributed by atoms with Gasteiger partial charge in [-0.25, -0.2) is 0 Å². The summed E-state index contributed by atoms with van der Waals surface area (Å²) in [6.07, 6.45) is 4.29. The molecule has 0 saturated heterocycles. The van der Waals surface area contributed by atoms with Gasteiger partial charge in [0.25, 0.3) is 5.89 Å². The summed E-state index contributed by atoms with van der Waals surface area (Å²) >= 11 is 0. The van der Waals surface area contributed by atoms with E-state index in [0.717, 1.165) is 42.6 Å². The van der Waals surface area contributed by atoms with Gasteiger partial charge in [-0.3, -0.25) is 0 Å². The largest absolute Gasteiger partial charge is 0.508 e. The predicted molar refractivity (Wildman–Crippen MR) is 105 cm³/mol. The zero-order valence-electron chi connectivity index (χ0n) is 14.7. The summed E-state index contributed by atoms with van der Waals surface area (Å²) in [6, 6.07) is 14.7. The minimum atomic E-state index is 0. The summed E-state index contributed by atoms with van der Waals surface area (Å²) in [5.41, 5.74) is 7.55. The number of halogens is 1. The average molecular weight is 388 g/mol. The van der Waals surface area contributed by atoms with E-state index in [1.807, 2.05) is 24.3 Å². The Balaban J connectivity index is 0.00000210. The van der Waals surface area contributed by atoms with Crippen molar-refractivity contribution in [2.24, 2.45) is 5.73 Å². The molecule has 27 heavy (non-hydrogen) atoms. The highest BCUT2D eigenvalue weighted by Gasteiger charge is 2.20. The fourth-order valence-corrected chi connectivity index (χ4v) is 3.14. The van der Waals surface area contributed by atoms with Crippen molar-refractivity contribution < 1.29 is 14.4 Å². The summed E-state index contributed by atoms with van der Waals surface area (Å²) in [6.45, 7) is 0. The predicted octanol–water partition coefficient (Wildman–Crippen LogP) is 4.18. The van der Waals surface area contributed by atoms with Crippen molar-refractivity contribution in [2.45, 2.75) is 37.8 Å². The van der Waals surface area contributed by atoms with Gasteiger partial charge < -0.3 is 20.1 Å². The molecule has 1 aliphatic carbocycles. The lowest BCUT2D eigenvalue weighted by Gasteiger charge is -2.26. The van der Waals surface area contributed by atoms with Crippen LogP contribution in [0.3, 0.4) is 0 Å². The van der Waals surface area contributed by atoms with E-state index < -0.39 is 0 Å². The molecule has 0 aliphatic heterocycles. The Morgan fingerprint density at radius 3 is 2.22 bits per heavy atom. The maximum atomic E-state index is 9.36. The molecule has 1 aliphatic rings. The minimum absolute atomic E-state index is 0. The Morgan fingerprint density at radius 2 is 1.56 bits per heavy atom. The molecule has 2 aromatic carbocycles. The highest BCUT2D eigenvalue weighted by Crippen LogP contribution is 2.27. The molecule has 0 spiro atoms. The van der Waals surface area contributed by atoms with Gasteiger partial charge in [0.05, 0.1) is 6.10 Å². The minimum Gasteiger partial charge on any atom is -0.508 e. The van der Waals surface area contributed by atoms with Gasteiger partial charge in [0.15, 0.2) is 0 Å². The molecule has 4 rings (SSSR count). The van der Waals surface area contributed by atoms with E-state index in [4.69, 9.17) is 15.0 Å². The van der Waals surface area contributed by atoms with Gasteiger partial charge >= 0.3 is 0 Å². The standard InChI is InChI=1S/C20H21N3O3.ClH/c21-15-5-11-18(12-6-15)25-17-9-3-13(4-10-17)19-22-20(26-23-19)14-1-7-16(24)8-2-14;/h1-4,7-10,15,18,24H,5-6,11-12,21H2;1H. The van der Waals surface area contributed by atoms with Crippen molar-refractivity contribution in [3.8, 4) is 34.3 Å². The number of aromatic hydroxyl groups is 1. The Kier molecular flexibility index (Phi) is 5.98. The summed E-state index contributed by atoms with van der Waals surface area (Å²) in [4.78, 5) is 4.42. The number of benzene rings is 2. The molecule has 0 atom stereocenters. The maximum Gasteiger partial charge on any atom is 0.258 e. The van der Waals surface area contributed by atoms with Gasteiger partial charge in [-0.2, -0.15) is 4.98 Å². The van der Waals surface area contributed by atoms with Crippen molar-refractivity contribution in [1.29, 1.82) is 0 Å². The van der Waals surface area contributed by atoms with Gasteiger partial charge in [-0.05, 0) is 74.2 Å². The smallest absolute Gasteiger partial charge is 0.258 e. The zero-order valence-corrected chi connectivity index (χ0v) is 15.6. The summed E-state index contributed by atoms with van der Waals surface area (Å²) in [5.74, 6) is 1.97. The molecular formula is C20H22ClN3O3. The molecule has 0 radical (unpaired) electrons. The van der Waals surface area contributed by atoms with Crippen molar-refractivity contribution in [1.82, 2.24) is 10.1 Å². The number of phenols is 1. The maximum absolute atomic E-state index is 9.36. The van der Waals surface area contributed by atoms with Gasteiger partial charge in [0.2, 0.25) is 5.82 Å². The third-order valence-corrected chi connectivity index (χ3v) is 4.67. The van der Waals surface area contributed by atoms with Gasteiger partial charge in [-0.15, -0.1) is 12.4 Å². The second kappa shape index (κ2) is 8.41. The molecule has 1 aromatic heterocycles. The van der Waals surface area contributed by atoms with Crippen LogP contribution in [0.5, 0.6) is 11.5 Å².